The van der Waals surface area contributed by atoms with Crippen molar-refractivity contribution in [3.63, 3.8) is 0 Å². The Morgan fingerprint density at radius 2 is 1.90 bits per heavy atom. The van der Waals surface area contributed by atoms with Crippen LogP contribution in [0.1, 0.15) is 19.2 Å². The van der Waals surface area contributed by atoms with E-state index in [1.807, 2.05) is 44.2 Å². The zero-order chi connectivity index (χ0) is 20.6. The molecular formula is C22H29N5O2. The van der Waals surface area contributed by atoms with E-state index in [9.17, 15) is 0 Å². The van der Waals surface area contributed by atoms with Crippen LogP contribution in [0.4, 0.5) is 5.69 Å². The molecule has 2 aromatic carbocycles. The number of methoxy groups -OCH3 is 2. The number of nitrogens with zero attached hydrogens (tertiary/aromatic N) is 3. The van der Waals surface area contributed by atoms with Crippen molar-refractivity contribution in [2.24, 2.45) is 4.99 Å². The lowest BCUT2D eigenvalue weighted by Crippen LogP contribution is -2.30. The lowest BCUT2D eigenvalue weighted by Gasteiger charge is -2.14. The smallest absolute Gasteiger partial charge is 0.195 e. The molecule has 7 heteroatoms. The number of imidazole rings is 1. The standard InChI is InChI=1S/C22H29N5O2/c1-5-23-22(26-17-11-12-20(28-3)21(15-17)29-4)24-13-8-14-27-16(2)25-18-9-6-7-10-19(18)27/h6-7,9-12,15H,5,8,13-14H2,1-4H3,(H2,23,24,26). The van der Waals surface area contributed by atoms with Crippen molar-refractivity contribution in [2.45, 2.75) is 26.8 Å². The zero-order valence-corrected chi connectivity index (χ0v) is 17.5. The fraction of sp³-hybridized carbons (Fsp3) is 0.364. The fourth-order valence-corrected chi connectivity index (χ4v) is 3.26. The van der Waals surface area contributed by atoms with E-state index in [1.54, 1.807) is 14.2 Å². The molecule has 0 atom stereocenters. The lowest BCUT2D eigenvalue weighted by molar-refractivity contribution is 0.355. The molecule has 0 saturated heterocycles. The topological polar surface area (TPSA) is 72.7 Å². The number of nitrogens with one attached hydrogen (secondary N) is 2. The lowest BCUT2D eigenvalue weighted by atomic mass is 10.2. The van der Waals surface area contributed by atoms with Gasteiger partial charge in [-0.25, -0.2) is 4.98 Å². The van der Waals surface area contributed by atoms with Crippen LogP contribution in [0.2, 0.25) is 0 Å². The highest BCUT2D eigenvalue weighted by Gasteiger charge is 2.07. The minimum absolute atomic E-state index is 0.677. The van der Waals surface area contributed by atoms with E-state index in [-0.39, 0.29) is 0 Å². The Morgan fingerprint density at radius 3 is 2.66 bits per heavy atom. The number of ether oxygens (including phenoxy) is 2. The predicted octanol–water partition coefficient (Wildman–Crippen LogP) is 3.83. The molecule has 0 aliphatic rings. The number of anilines is 1. The van der Waals surface area contributed by atoms with Gasteiger partial charge in [-0.3, -0.25) is 4.99 Å². The van der Waals surface area contributed by atoms with Gasteiger partial charge in [-0.1, -0.05) is 12.1 Å². The van der Waals surface area contributed by atoms with Crippen molar-refractivity contribution in [1.29, 1.82) is 0 Å². The molecular weight excluding hydrogens is 366 g/mol. The summed E-state index contributed by atoms with van der Waals surface area (Å²) in [7, 11) is 3.25. The number of benzene rings is 2. The Morgan fingerprint density at radius 1 is 1.10 bits per heavy atom. The Hall–Kier alpha value is -3.22. The molecule has 1 aromatic heterocycles. The first-order valence-corrected chi connectivity index (χ1v) is 9.85. The minimum Gasteiger partial charge on any atom is -0.493 e. The summed E-state index contributed by atoms with van der Waals surface area (Å²) < 4.78 is 12.9. The Balaban J connectivity index is 1.64. The number of hydrogen-bond acceptors (Lipinski definition) is 4. The molecule has 2 N–H and O–H groups in total. The van der Waals surface area contributed by atoms with E-state index in [4.69, 9.17) is 14.5 Å². The molecule has 0 spiro atoms. The number of aliphatic imine (C=N–C) groups is 1. The number of hydrogen-bond donors (Lipinski definition) is 2. The molecule has 0 saturated carbocycles. The van der Waals surface area contributed by atoms with E-state index in [1.165, 1.54) is 5.52 Å². The van der Waals surface area contributed by atoms with Gasteiger partial charge in [-0.15, -0.1) is 0 Å². The molecule has 154 valence electrons. The number of guanidine groups is 1. The molecule has 0 unspecified atom stereocenters. The summed E-state index contributed by atoms with van der Waals surface area (Å²) in [5, 5.41) is 6.60. The molecule has 0 amide bonds. The number of aryl methyl sites for hydroxylation is 2. The molecule has 0 radical (unpaired) electrons. The molecule has 3 rings (SSSR count). The first-order chi connectivity index (χ1) is 14.2. The van der Waals surface area contributed by atoms with Crippen LogP contribution in [-0.2, 0) is 6.54 Å². The van der Waals surface area contributed by atoms with E-state index in [0.717, 1.165) is 42.5 Å². The van der Waals surface area contributed by atoms with Crippen molar-refractivity contribution >= 4 is 22.7 Å². The third-order valence-corrected chi connectivity index (χ3v) is 4.65. The number of fused-ring (bicyclic) bond motifs is 1. The highest BCUT2D eigenvalue weighted by molar-refractivity contribution is 5.93. The van der Waals surface area contributed by atoms with Gasteiger partial charge in [0.05, 0.1) is 25.3 Å². The van der Waals surface area contributed by atoms with Crippen LogP contribution >= 0.6 is 0 Å². The number of para-hydroxylation sites is 2. The normalized spacial score (nSPS) is 11.5. The van der Waals surface area contributed by atoms with Crippen LogP contribution in [0.5, 0.6) is 11.5 Å². The quantitative estimate of drug-likeness (QED) is 0.345. The van der Waals surface area contributed by atoms with Crippen LogP contribution in [0.3, 0.4) is 0 Å². The summed E-state index contributed by atoms with van der Waals surface area (Å²) in [5.74, 6) is 3.15. The number of aromatic nitrogens is 2. The number of rotatable bonds is 8. The second kappa shape index (κ2) is 9.82. The monoisotopic (exact) mass is 395 g/mol. The third kappa shape index (κ3) is 4.99. The maximum Gasteiger partial charge on any atom is 0.195 e. The van der Waals surface area contributed by atoms with Gasteiger partial charge >= 0.3 is 0 Å². The van der Waals surface area contributed by atoms with Gasteiger partial charge in [0, 0.05) is 31.4 Å². The first-order valence-electron chi connectivity index (χ1n) is 9.85. The van der Waals surface area contributed by atoms with Crippen molar-refractivity contribution in [2.75, 3.05) is 32.6 Å². The summed E-state index contributed by atoms with van der Waals surface area (Å²) in [6.07, 6.45) is 0.920. The highest BCUT2D eigenvalue weighted by atomic mass is 16.5. The SMILES string of the molecule is CCNC(=NCCCn1c(C)nc2ccccc21)Nc1ccc(OC)c(OC)c1. The Kier molecular flexibility index (Phi) is 6.94. The zero-order valence-electron chi connectivity index (χ0n) is 17.5. The molecule has 1 heterocycles. The van der Waals surface area contributed by atoms with Crippen molar-refractivity contribution in [3.05, 3.63) is 48.3 Å². The predicted molar refractivity (Wildman–Crippen MR) is 118 cm³/mol. The fourth-order valence-electron chi connectivity index (χ4n) is 3.26. The summed E-state index contributed by atoms with van der Waals surface area (Å²) in [5.41, 5.74) is 3.10. The van der Waals surface area contributed by atoms with E-state index in [2.05, 4.69) is 32.3 Å². The molecule has 7 nitrogen and oxygen atoms in total. The van der Waals surface area contributed by atoms with Gasteiger partial charge in [0.15, 0.2) is 17.5 Å². The van der Waals surface area contributed by atoms with Crippen LogP contribution in [-0.4, -0.2) is 42.8 Å². The van der Waals surface area contributed by atoms with Gasteiger partial charge in [-0.2, -0.15) is 0 Å². The second-order valence-corrected chi connectivity index (χ2v) is 6.61. The minimum atomic E-state index is 0.677. The van der Waals surface area contributed by atoms with Gasteiger partial charge in [0.2, 0.25) is 0 Å². The van der Waals surface area contributed by atoms with Crippen LogP contribution in [0.15, 0.2) is 47.5 Å². The van der Waals surface area contributed by atoms with Crippen LogP contribution in [0.25, 0.3) is 11.0 Å². The average Bonchev–Trinajstić information content (AvgIpc) is 3.06. The molecule has 0 bridgehead atoms. The van der Waals surface area contributed by atoms with Crippen LogP contribution in [0, 0.1) is 6.92 Å². The molecule has 0 fully saturated rings. The summed E-state index contributed by atoms with van der Waals surface area (Å²) in [4.78, 5) is 9.33. The average molecular weight is 396 g/mol. The van der Waals surface area contributed by atoms with Crippen molar-refractivity contribution in [3.8, 4) is 11.5 Å². The van der Waals surface area contributed by atoms with Gasteiger partial charge in [0.1, 0.15) is 5.82 Å². The van der Waals surface area contributed by atoms with E-state index >= 15 is 0 Å². The van der Waals surface area contributed by atoms with Gasteiger partial charge in [-0.05, 0) is 44.5 Å². The maximum atomic E-state index is 5.37. The van der Waals surface area contributed by atoms with Crippen molar-refractivity contribution < 1.29 is 9.47 Å². The molecule has 29 heavy (non-hydrogen) atoms. The summed E-state index contributed by atoms with van der Waals surface area (Å²) in [6.45, 7) is 6.46. The summed E-state index contributed by atoms with van der Waals surface area (Å²) in [6, 6.07) is 13.9. The molecule has 0 aliphatic heterocycles. The van der Waals surface area contributed by atoms with E-state index < -0.39 is 0 Å². The second-order valence-electron chi connectivity index (χ2n) is 6.61. The van der Waals surface area contributed by atoms with Crippen molar-refractivity contribution in [1.82, 2.24) is 14.9 Å². The first kappa shape index (κ1) is 20.5. The van der Waals surface area contributed by atoms with E-state index in [0.29, 0.717) is 18.0 Å². The van der Waals surface area contributed by atoms with Gasteiger partial charge in [0.25, 0.3) is 0 Å². The molecule has 3 aromatic rings. The van der Waals surface area contributed by atoms with Crippen LogP contribution < -0.4 is 20.1 Å². The summed E-state index contributed by atoms with van der Waals surface area (Å²) >= 11 is 0. The van der Waals surface area contributed by atoms with Gasteiger partial charge < -0.3 is 24.7 Å². The maximum absolute atomic E-state index is 5.37. The molecule has 0 aliphatic carbocycles. The Labute approximate surface area is 171 Å². The highest BCUT2D eigenvalue weighted by Crippen LogP contribution is 2.29. The largest absolute Gasteiger partial charge is 0.493 e. The Bertz CT molecular complexity index is 980. The third-order valence-electron chi connectivity index (χ3n) is 4.65.